The van der Waals surface area contributed by atoms with Crippen molar-refractivity contribution in [3.8, 4) is 0 Å². The van der Waals surface area contributed by atoms with Crippen LogP contribution in [0.1, 0.15) is 18.7 Å². The molecule has 1 unspecified atom stereocenters. The summed E-state index contributed by atoms with van der Waals surface area (Å²) in [6.45, 7) is 1.51. The van der Waals surface area contributed by atoms with Crippen molar-refractivity contribution in [2.75, 3.05) is 0 Å². The van der Waals surface area contributed by atoms with Gasteiger partial charge in [-0.05, 0) is 13.0 Å². The Labute approximate surface area is 69.8 Å². The van der Waals surface area contributed by atoms with Crippen LogP contribution in [0, 0.1) is 0 Å². The van der Waals surface area contributed by atoms with Gasteiger partial charge in [0.1, 0.15) is 11.8 Å². The molecule has 62 valence electrons. The summed E-state index contributed by atoms with van der Waals surface area (Å²) in [5.74, 6) is 0. The van der Waals surface area contributed by atoms with Crippen molar-refractivity contribution >= 4 is 11.0 Å². The molecule has 0 bridgehead atoms. The van der Waals surface area contributed by atoms with Crippen LogP contribution in [0.2, 0.25) is 0 Å². The Morgan fingerprint density at radius 2 is 2.08 bits per heavy atom. The third-order valence-corrected chi connectivity index (χ3v) is 1.94. The van der Waals surface area contributed by atoms with Crippen molar-refractivity contribution < 1.29 is 8.81 Å². The first-order chi connectivity index (χ1) is 5.79. The van der Waals surface area contributed by atoms with Crippen LogP contribution in [0.25, 0.3) is 11.0 Å². The van der Waals surface area contributed by atoms with E-state index in [9.17, 15) is 4.39 Å². The van der Waals surface area contributed by atoms with Gasteiger partial charge in [-0.2, -0.15) is 0 Å². The summed E-state index contributed by atoms with van der Waals surface area (Å²) >= 11 is 0. The molecule has 0 aliphatic carbocycles. The highest BCUT2D eigenvalue weighted by atomic mass is 19.1. The lowest BCUT2D eigenvalue weighted by Gasteiger charge is -1.95. The van der Waals surface area contributed by atoms with Gasteiger partial charge in [0.05, 0.1) is 6.26 Å². The average molecular weight is 164 g/mol. The normalized spacial score (nSPS) is 13.5. The number of benzene rings is 1. The van der Waals surface area contributed by atoms with Gasteiger partial charge in [0.2, 0.25) is 0 Å². The molecule has 0 saturated heterocycles. The molecule has 2 rings (SSSR count). The van der Waals surface area contributed by atoms with Gasteiger partial charge in [-0.3, -0.25) is 0 Å². The van der Waals surface area contributed by atoms with Crippen LogP contribution >= 0.6 is 0 Å². The first-order valence-electron chi connectivity index (χ1n) is 3.89. The Morgan fingerprint density at radius 3 is 2.83 bits per heavy atom. The molecule has 1 heterocycles. The van der Waals surface area contributed by atoms with Crippen LogP contribution in [0.5, 0.6) is 0 Å². The number of halogens is 1. The second-order valence-electron chi connectivity index (χ2n) is 2.80. The molecular weight excluding hydrogens is 155 g/mol. The third-order valence-electron chi connectivity index (χ3n) is 1.94. The molecule has 0 aliphatic heterocycles. The van der Waals surface area contributed by atoms with E-state index in [2.05, 4.69) is 0 Å². The summed E-state index contributed by atoms with van der Waals surface area (Å²) < 4.78 is 18.1. The summed E-state index contributed by atoms with van der Waals surface area (Å²) in [6.07, 6.45) is 0.517. The smallest absolute Gasteiger partial charge is 0.134 e. The average Bonchev–Trinajstić information content (AvgIpc) is 2.47. The molecule has 0 aliphatic rings. The standard InChI is InChI=1S/C10H9FO/c1-7(11)9-6-12-10-5-3-2-4-8(9)10/h2-7H,1H3. The van der Waals surface area contributed by atoms with E-state index < -0.39 is 6.17 Å². The summed E-state index contributed by atoms with van der Waals surface area (Å²) in [7, 11) is 0. The van der Waals surface area contributed by atoms with E-state index in [4.69, 9.17) is 4.42 Å². The number of furan rings is 1. The van der Waals surface area contributed by atoms with E-state index in [-0.39, 0.29) is 0 Å². The van der Waals surface area contributed by atoms with E-state index in [0.29, 0.717) is 5.56 Å². The monoisotopic (exact) mass is 164 g/mol. The SMILES string of the molecule is CC(F)c1coc2ccccc12. The molecule has 0 N–H and O–H groups in total. The highest BCUT2D eigenvalue weighted by Crippen LogP contribution is 2.27. The molecule has 0 amide bonds. The minimum atomic E-state index is -0.964. The van der Waals surface area contributed by atoms with Gasteiger partial charge >= 0.3 is 0 Å². The van der Waals surface area contributed by atoms with Crippen LogP contribution in [-0.2, 0) is 0 Å². The largest absolute Gasteiger partial charge is 0.464 e. The van der Waals surface area contributed by atoms with Gasteiger partial charge in [-0.25, -0.2) is 4.39 Å². The molecule has 1 aromatic carbocycles. The van der Waals surface area contributed by atoms with Crippen LogP contribution in [0.15, 0.2) is 34.9 Å². The zero-order valence-corrected chi connectivity index (χ0v) is 6.75. The fraction of sp³-hybridized carbons (Fsp3) is 0.200. The van der Waals surface area contributed by atoms with Crippen molar-refractivity contribution in [1.82, 2.24) is 0 Å². The zero-order valence-electron chi connectivity index (χ0n) is 6.75. The van der Waals surface area contributed by atoms with E-state index >= 15 is 0 Å². The van der Waals surface area contributed by atoms with Gasteiger partial charge < -0.3 is 4.42 Å². The number of hydrogen-bond donors (Lipinski definition) is 0. The third kappa shape index (κ3) is 0.998. The highest BCUT2D eigenvalue weighted by molar-refractivity contribution is 5.81. The maximum absolute atomic E-state index is 12.9. The van der Waals surface area contributed by atoms with Crippen molar-refractivity contribution in [2.24, 2.45) is 0 Å². The van der Waals surface area contributed by atoms with Gasteiger partial charge in [0.25, 0.3) is 0 Å². The van der Waals surface area contributed by atoms with Crippen LogP contribution in [0.4, 0.5) is 4.39 Å². The summed E-state index contributed by atoms with van der Waals surface area (Å²) in [6, 6.07) is 7.45. The first-order valence-corrected chi connectivity index (χ1v) is 3.89. The lowest BCUT2D eigenvalue weighted by atomic mass is 10.1. The minimum Gasteiger partial charge on any atom is -0.464 e. The second-order valence-corrected chi connectivity index (χ2v) is 2.80. The molecule has 0 radical (unpaired) electrons. The van der Waals surface area contributed by atoms with E-state index in [1.807, 2.05) is 24.3 Å². The van der Waals surface area contributed by atoms with Crippen molar-refractivity contribution in [2.45, 2.75) is 13.1 Å². The Bertz CT molecular complexity index is 389. The van der Waals surface area contributed by atoms with Crippen LogP contribution in [-0.4, -0.2) is 0 Å². The molecule has 1 nitrogen and oxygen atoms in total. The lowest BCUT2D eigenvalue weighted by Crippen LogP contribution is -1.80. The number of fused-ring (bicyclic) bond motifs is 1. The Balaban J connectivity index is 2.70. The molecule has 0 spiro atoms. The quantitative estimate of drug-likeness (QED) is 0.629. The summed E-state index contributed by atoms with van der Waals surface area (Å²) in [5, 5.41) is 0.868. The van der Waals surface area contributed by atoms with E-state index in [1.54, 1.807) is 0 Å². The summed E-state index contributed by atoms with van der Waals surface area (Å²) in [5.41, 5.74) is 1.38. The highest BCUT2D eigenvalue weighted by Gasteiger charge is 2.10. The predicted molar refractivity (Wildman–Crippen MR) is 45.7 cm³/mol. The molecule has 0 saturated carbocycles. The summed E-state index contributed by atoms with van der Waals surface area (Å²) in [4.78, 5) is 0. The number of para-hydroxylation sites is 1. The maximum Gasteiger partial charge on any atom is 0.134 e. The van der Waals surface area contributed by atoms with Gasteiger partial charge in [-0.15, -0.1) is 0 Å². The predicted octanol–water partition coefficient (Wildman–Crippen LogP) is 3.46. The molecule has 0 fully saturated rings. The van der Waals surface area contributed by atoms with E-state index in [0.717, 1.165) is 11.0 Å². The topological polar surface area (TPSA) is 13.1 Å². The van der Waals surface area contributed by atoms with Gasteiger partial charge in [0, 0.05) is 10.9 Å². The second kappa shape index (κ2) is 2.63. The molecule has 2 aromatic rings. The van der Waals surface area contributed by atoms with Crippen molar-refractivity contribution in [1.29, 1.82) is 0 Å². The Morgan fingerprint density at radius 1 is 1.33 bits per heavy atom. The van der Waals surface area contributed by atoms with E-state index in [1.165, 1.54) is 13.2 Å². The maximum atomic E-state index is 12.9. The molecule has 12 heavy (non-hydrogen) atoms. The number of hydrogen-bond acceptors (Lipinski definition) is 1. The van der Waals surface area contributed by atoms with Gasteiger partial charge in [0.15, 0.2) is 0 Å². The molecular formula is C10H9FO. The number of rotatable bonds is 1. The molecule has 2 heteroatoms. The van der Waals surface area contributed by atoms with Crippen molar-refractivity contribution in [3.05, 3.63) is 36.1 Å². The first kappa shape index (κ1) is 7.35. The molecule has 1 aromatic heterocycles. The van der Waals surface area contributed by atoms with Gasteiger partial charge in [-0.1, -0.05) is 18.2 Å². The Kier molecular flexibility index (Phi) is 1.61. The van der Waals surface area contributed by atoms with Crippen LogP contribution < -0.4 is 0 Å². The fourth-order valence-electron chi connectivity index (χ4n) is 1.31. The zero-order chi connectivity index (χ0) is 8.55. The lowest BCUT2D eigenvalue weighted by molar-refractivity contribution is 0.373. The Hall–Kier alpha value is -1.31. The fourth-order valence-corrected chi connectivity index (χ4v) is 1.31. The van der Waals surface area contributed by atoms with Crippen LogP contribution in [0.3, 0.4) is 0 Å². The molecule has 1 atom stereocenters. The minimum absolute atomic E-state index is 0.630. The van der Waals surface area contributed by atoms with Crippen molar-refractivity contribution in [3.63, 3.8) is 0 Å². The number of alkyl halides is 1.